The highest BCUT2D eigenvalue weighted by Crippen LogP contribution is 2.20. The average molecular weight is 439 g/mol. The highest BCUT2D eigenvalue weighted by molar-refractivity contribution is 5.80. The normalized spacial score (nSPS) is 12.0. The number of benzene rings is 2. The van der Waals surface area contributed by atoms with Gasteiger partial charge in [0.25, 0.3) is 0 Å². The predicted molar refractivity (Wildman–Crippen MR) is 118 cm³/mol. The lowest BCUT2D eigenvalue weighted by molar-refractivity contribution is -0.123. The van der Waals surface area contributed by atoms with Crippen LogP contribution in [0, 0.1) is 11.7 Å². The first-order valence-corrected chi connectivity index (χ1v) is 10.5. The second-order valence-corrected chi connectivity index (χ2v) is 8.02. The third kappa shape index (κ3) is 6.47. The highest BCUT2D eigenvalue weighted by Gasteiger charge is 2.18. The van der Waals surface area contributed by atoms with Crippen molar-refractivity contribution in [3.63, 3.8) is 0 Å². The molecule has 0 aliphatic rings. The van der Waals surface area contributed by atoms with Gasteiger partial charge in [-0.05, 0) is 35.6 Å². The molecule has 168 valence electrons. The first-order valence-electron chi connectivity index (χ1n) is 10.5. The molecule has 1 atom stereocenters. The Morgan fingerprint density at radius 1 is 1.09 bits per heavy atom. The molecule has 0 spiro atoms. The zero-order valence-electron chi connectivity index (χ0n) is 18.2. The number of hydrogen-bond donors (Lipinski definition) is 2. The number of rotatable bonds is 10. The van der Waals surface area contributed by atoms with Crippen molar-refractivity contribution in [2.24, 2.45) is 11.7 Å². The van der Waals surface area contributed by atoms with Gasteiger partial charge in [-0.1, -0.05) is 55.4 Å². The Morgan fingerprint density at radius 3 is 2.41 bits per heavy atom. The van der Waals surface area contributed by atoms with Gasteiger partial charge in [0.2, 0.25) is 23.5 Å². The monoisotopic (exact) mass is 438 g/mol. The van der Waals surface area contributed by atoms with E-state index in [1.165, 1.54) is 17.7 Å². The van der Waals surface area contributed by atoms with Gasteiger partial charge in [0.05, 0.1) is 5.92 Å². The molecule has 7 nitrogen and oxygen atoms in total. The van der Waals surface area contributed by atoms with Crippen LogP contribution in [-0.2, 0) is 22.4 Å². The molecule has 0 saturated carbocycles. The lowest BCUT2D eigenvalue weighted by Gasteiger charge is -2.14. The summed E-state index contributed by atoms with van der Waals surface area (Å²) in [4.78, 5) is 28.3. The minimum Gasteiger partial charge on any atom is -0.369 e. The van der Waals surface area contributed by atoms with Crippen LogP contribution in [0.25, 0.3) is 11.4 Å². The standard InChI is InChI=1S/C24H27FN4O3/c1-15(2)17-5-7-18(8-6-17)24-28-22(32-29-24)12-11-21(30)27-14-19(23(26)31)13-16-3-9-20(25)10-4-16/h3-10,15,19H,11-14H2,1-2H3,(H2,26,31)(H,27,30). The Kier molecular flexibility index (Phi) is 7.70. The molecule has 2 amide bonds. The lowest BCUT2D eigenvalue weighted by atomic mass is 9.98. The van der Waals surface area contributed by atoms with E-state index in [2.05, 4.69) is 29.3 Å². The molecule has 0 aliphatic heterocycles. The quantitative estimate of drug-likeness (QED) is 0.504. The van der Waals surface area contributed by atoms with Gasteiger partial charge in [-0.2, -0.15) is 4.98 Å². The van der Waals surface area contributed by atoms with E-state index < -0.39 is 11.8 Å². The Bertz CT molecular complexity index is 1050. The Hall–Kier alpha value is -3.55. The number of aromatic nitrogens is 2. The summed E-state index contributed by atoms with van der Waals surface area (Å²) in [7, 11) is 0. The number of hydrogen-bond acceptors (Lipinski definition) is 5. The van der Waals surface area contributed by atoms with Crippen molar-refractivity contribution in [1.82, 2.24) is 15.5 Å². The third-order valence-corrected chi connectivity index (χ3v) is 5.21. The minimum absolute atomic E-state index is 0.100. The number of amides is 2. The van der Waals surface area contributed by atoms with Gasteiger partial charge in [0.1, 0.15) is 5.82 Å². The number of halogens is 1. The molecule has 3 aromatic rings. The Balaban J connectivity index is 1.48. The van der Waals surface area contributed by atoms with Crippen molar-refractivity contribution in [3.05, 3.63) is 71.4 Å². The average Bonchev–Trinajstić information content (AvgIpc) is 3.25. The van der Waals surface area contributed by atoms with Crippen LogP contribution in [0.2, 0.25) is 0 Å². The fourth-order valence-electron chi connectivity index (χ4n) is 3.22. The number of carbonyl (C=O) groups excluding carboxylic acids is 2. The predicted octanol–water partition coefficient (Wildman–Crippen LogP) is 3.39. The molecule has 3 rings (SSSR count). The fourth-order valence-corrected chi connectivity index (χ4v) is 3.22. The van der Waals surface area contributed by atoms with E-state index in [4.69, 9.17) is 10.3 Å². The van der Waals surface area contributed by atoms with E-state index >= 15 is 0 Å². The van der Waals surface area contributed by atoms with Gasteiger partial charge >= 0.3 is 0 Å². The van der Waals surface area contributed by atoms with Gasteiger partial charge in [0.15, 0.2) is 0 Å². The molecule has 8 heteroatoms. The topological polar surface area (TPSA) is 111 Å². The first-order chi connectivity index (χ1) is 15.3. The van der Waals surface area contributed by atoms with Crippen LogP contribution in [0.15, 0.2) is 53.1 Å². The summed E-state index contributed by atoms with van der Waals surface area (Å²) >= 11 is 0. The Labute approximate surface area is 186 Å². The molecule has 0 fully saturated rings. The highest BCUT2D eigenvalue weighted by atomic mass is 19.1. The van der Waals surface area contributed by atoms with E-state index in [-0.39, 0.29) is 31.1 Å². The zero-order valence-corrected chi connectivity index (χ0v) is 18.2. The molecule has 1 heterocycles. The van der Waals surface area contributed by atoms with Gasteiger partial charge in [0, 0.05) is 24.9 Å². The molecular weight excluding hydrogens is 411 g/mol. The zero-order chi connectivity index (χ0) is 23.1. The van der Waals surface area contributed by atoms with Crippen molar-refractivity contribution in [2.45, 2.75) is 39.0 Å². The number of nitrogens with one attached hydrogen (secondary N) is 1. The second kappa shape index (κ2) is 10.7. The largest absolute Gasteiger partial charge is 0.369 e. The van der Waals surface area contributed by atoms with Crippen molar-refractivity contribution in [2.75, 3.05) is 6.54 Å². The third-order valence-electron chi connectivity index (χ3n) is 5.21. The maximum atomic E-state index is 13.0. The minimum atomic E-state index is -0.590. The molecule has 3 N–H and O–H groups in total. The van der Waals surface area contributed by atoms with Crippen molar-refractivity contribution in [3.8, 4) is 11.4 Å². The van der Waals surface area contributed by atoms with Crippen molar-refractivity contribution < 1.29 is 18.5 Å². The fraction of sp³-hybridized carbons (Fsp3) is 0.333. The first kappa shape index (κ1) is 23.1. The van der Waals surface area contributed by atoms with E-state index in [0.717, 1.165) is 11.1 Å². The number of nitrogens with zero attached hydrogens (tertiary/aromatic N) is 2. The summed E-state index contributed by atoms with van der Waals surface area (Å²) in [6.45, 7) is 4.35. The van der Waals surface area contributed by atoms with E-state index in [9.17, 15) is 14.0 Å². The molecule has 1 unspecified atom stereocenters. The maximum absolute atomic E-state index is 13.0. The molecular formula is C24H27FN4O3. The molecule has 1 aromatic heterocycles. The van der Waals surface area contributed by atoms with E-state index in [1.807, 2.05) is 24.3 Å². The molecule has 0 aliphatic carbocycles. The molecule has 32 heavy (non-hydrogen) atoms. The van der Waals surface area contributed by atoms with Gasteiger partial charge in [-0.25, -0.2) is 4.39 Å². The number of nitrogens with two attached hydrogens (primary N) is 1. The summed E-state index contributed by atoms with van der Waals surface area (Å²) < 4.78 is 18.3. The van der Waals surface area contributed by atoms with Crippen LogP contribution >= 0.6 is 0 Å². The summed E-state index contributed by atoms with van der Waals surface area (Å²) in [5, 5.41) is 6.70. The molecule has 0 radical (unpaired) electrons. The van der Waals surface area contributed by atoms with Gasteiger partial charge in [-0.3, -0.25) is 9.59 Å². The van der Waals surface area contributed by atoms with E-state index in [1.54, 1.807) is 12.1 Å². The summed E-state index contributed by atoms with van der Waals surface area (Å²) in [5.41, 5.74) is 8.29. The number of carbonyl (C=O) groups is 2. The molecule has 2 aromatic carbocycles. The van der Waals surface area contributed by atoms with Gasteiger partial charge in [-0.15, -0.1) is 0 Å². The molecule has 0 bridgehead atoms. The van der Waals surface area contributed by atoms with Crippen LogP contribution in [0.1, 0.15) is 43.2 Å². The second-order valence-electron chi connectivity index (χ2n) is 8.02. The maximum Gasteiger partial charge on any atom is 0.227 e. The van der Waals surface area contributed by atoms with Crippen molar-refractivity contribution in [1.29, 1.82) is 0 Å². The lowest BCUT2D eigenvalue weighted by Crippen LogP contribution is -2.37. The summed E-state index contributed by atoms with van der Waals surface area (Å²) in [6.07, 6.45) is 0.733. The Morgan fingerprint density at radius 2 is 1.78 bits per heavy atom. The van der Waals surface area contributed by atoms with E-state index in [0.29, 0.717) is 24.1 Å². The summed E-state index contributed by atoms with van der Waals surface area (Å²) in [5.74, 6) is -0.448. The SMILES string of the molecule is CC(C)c1ccc(-c2noc(CCC(=O)NCC(Cc3ccc(F)cc3)C(N)=O)n2)cc1. The van der Waals surface area contributed by atoms with Crippen LogP contribution in [0.5, 0.6) is 0 Å². The number of primary amides is 1. The van der Waals surface area contributed by atoms with Gasteiger partial charge < -0.3 is 15.6 Å². The van der Waals surface area contributed by atoms with Crippen LogP contribution in [-0.4, -0.2) is 28.5 Å². The van der Waals surface area contributed by atoms with Crippen molar-refractivity contribution >= 4 is 11.8 Å². The summed E-state index contributed by atoms with van der Waals surface area (Å²) in [6, 6.07) is 13.8. The van der Waals surface area contributed by atoms with Crippen LogP contribution in [0.4, 0.5) is 4.39 Å². The molecule has 0 saturated heterocycles. The smallest absolute Gasteiger partial charge is 0.227 e. The van der Waals surface area contributed by atoms with Crippen LogP contribution in [0.3, 0.4) is 0 Å². The number of aryl methyl sites for hydroxylation is 1. The van der Waals surface area contributed by atoms with Crippen LogP contribution < -0.4 is 11.1 Å².